The Morgan fingerprint density at radius 1 is 1.50 bits per heavy atom. The number of aromatic amines is 1. The summed E-state index contributed by atoms with van der Waals surface area (Å²) in [6, 6.07) is -0.111. The molecule has 0 aromatic carbocycles. The molecule has 14 heavy (non-hydrogen) atoms. The Bertz CT molecular complexity index is 268. The second-order valence-corrected chi connectivity index (χ2v) is 2.66. The molecule has 0 unspecified atom stereocenters. The number of hydrogen-bond acceptors (Lipinski definition) is 4. The fourth-order valence-corrected chi connectivity index (χ4v) is 1.03. The van der Waals surface area contributed by atoms with E-state index in [-0.39, 0.29) is 6.03 Å². The highest BCUT2D eigenvalue weighted by Gasteiger charge is 2.09. The molecule has 0 saturated heterocycles. The first kappa shape index (κ1) is 10.4. The maximum absolute atomic E-state index is 11.4. The zero-order valence-corrected chi connectivity index (χ0v) is 8.32. The summed E-state index contributed by atoms with van der Waals surface area (Å²) in [5.74, 6) is 0.477. The van der Waals surface area contributed by atoms with Gasteiger partial charge in [0.15, 0.2) is 5.82 Å². The fraction of sp³-hybridized carbons (Fsp3) is 0.714. The van der Waals surface area contributed by atoms with Gasteiger partial charge in [-0.15, -0.1) is 10.2 Å². The first-order valence-electron chi connectivity index (χ1n) is 4.53. The molecule has 0 fully saturated rings. The highest BCUT2D eigenvalue weighted by Crippen LogP contribution is 1.89. The lowest BCUT2D eigenvalue weighted by atomic mass is 10.5. The number of amides is 2. The lowest BCUT2D eigenvalue weighted by molar-refractivity contribution is 0.202. The van der Waals surface area contributed by atoms with E-state index >= 15 is 0 Å². The van der Waals surface area contributed by atoms with E-state index in [0.29, 0.717) is 25.5 Å². The molecule has 78 valence electrons. The van der Waals surface area contributed by atoms with E-state index in [1.54, 1.807) is 4.90 Å². The number of carbonyl (C=O) groups is 1. The van der Waals surface area contributed by atoms with Crippen LogP contribution in [0.5, 0.6) is 0 Å². The van der Waals surface area contributed by atoms with E-state index < -0.39 is 0 Å². The van der Waals surface area contributed by atoms with Crippen LogP contribution in [0.15, 0.2) is 0 Å². The molecule has 0 spiro atoms. The van der Waals surface area contributed by atoms with Crippen molar-refractivity contribution in [2.24, 2.45) is 0 Å². The van der Waals surface area contributed by atoms with Crippen molar-refractivity contribution in [3.8, 4) is 0 Å². The van der Waals surface area contributed by atoms with E-state index in [1.165, 1.54) is 0 Å². The summed E-state index contributed by atoms with van der Waals surface area (Å²) in [5, 5.41) is 15.8. The van der Waals surface area contributed by atoms with Gasteiger partial charge in [0.2, 0.25) is 0 Å². The molecule has 0 aliphatic carbocycles. The third-order valence-corrected chi connectivity index (χ3v) is 1.84. The smallest absolute Gasteiger partial charge is 0.317 e. The van der Waals surface area contributed by atoms with Gasteiger partial charge in [0.1, 0.15) is 0 Å². The molecule has 7 heteroatoms. The highest BCUT2D eigenvalue weighted by molar-refractivity contribution is 5.73. The second-order valence-electron chi connectivity index (χ2n) is 2.66. The van der Waals surface area contributed by atoms with Gasteiger partial charge in [0, 0.05) is 13.1 Å². The van der Waals surface area contributed by atoms with Crippen LogP contribution >= 0.6 is 0 Å². The zero-order valence-electron chi connectivity index (χ0n) is 8.32. The Hall–Kier alpha value is -1.66. The number of H-pyrrole nitrogens is 1. The molecule has 2 N–H and O–H groups in total. The number of rotatable bonds is 4. The van der Waals surface area contributed by atoms with Gasteiger partial charge in [0.05, 0.1) is 6.54 Å². The van der Waals surface area contributed by atoms with Crippen LogP contribution in [0, 0.1) is 0 Å². The molecule has 1 aromatic heterocycles. The van der Waals surface area contributed by atoms with Gasteiger partial charge >= 0.3 is 6.03 Å². The predicted octanol–water partition coefficient (Wildman–Crippen LogP) is -0.249. The second kappa shape index (κ2) is 5.15. The van der Waals surface area contributed by atoms with Crippen LogP contribution in [-0.2, 0) is 6.54 Å². The Morgan fingerprint density at radius 3 is 2.71 bits per heavy atom. The minimum Gasteiger partial charge on any atom is -0.331 e. The molecule has 0 saturated carbocycles. The average Bonchev–Trinajstić information content (AvgIpc) is 2.69. The largest absolute Gasteiger partial charge is 0.331 e. The van der Waals surface area contributed by atoms with Crippen molar-refractivity contribution in [2.75, 3.05) is 13.1 Å². The van der Waals surface area contributed by atoms with Crippen LogP contribution in [0.2, 0.25) is 0 Å². The fourth-order valence-electron chi connectivity index (χ4n) is 1.03. The van der Waals surface area contributed by atoms with Crippen LogP contribution < -0.4 is 5.32 Å². The Morgan fingerprint density at radius 2 is 2.21 bits per heavy atom. The van der Waals surface area contributed by atoms with E-state index in [1.807, 2.05) is 13.8 Å². The van der Waals surface area contributed by atoms with Crippen molar-refractivity contribution < 1.29 is 4.79 Å². The average molecular weight is 198 g/mol. The molecule has 1 heterocycles. The van der Waals surface area contributed by atoms with Crippen molar-refractivity contribution >= 4 is 6.03 Å². The monoisotopic (exact) mass is 198 g/mol. The van der Waals surface area contributed by atoms with E-state index in [0.717, 1.165) is 0 Å². The number of aromatic nitrogens is 4. The van der Waals surface area contributed by atoms with Gasteiger partial charge in [0.25, 0.3) is 0 Å². The van der Waals surface area contributed by atoms with Crippen LogP contribution in [0.4, 0.5) is 4.79 Å². The third-order valence-electron chi connectivity index (χ3n) is 1.84. The van der Waals surface area contributed by atoms with Crippen molar-refractivity contribution in [2.45, 2.75) is 20.4 Å². The summed E-state index contributed by atoms with van der Waals surface area (Å²) >= 11 is 0. The summed E-state index contributed by atoms with van der Waals surface area (Å²) in [6.07, 6.45) is 0. The number of nitrogens with one attached hydrogen (secondary N) is 2. The summed E-state index contributed by atoms with van der Waals surface area (Å²) in [4.78, 5) is 13.1. The predicted molar refractivity (Wildman–Crippen MR) is 49.3 cm³/mol. The number of carbonyl (C=O) groups excluding carboxylic acids is 1. The van der Waals surface area contributed by atoms with Crippen LogP contribution in [0.25, 0.3) is 0 Å². The van der Waals surface area contributed by atoms with Crippen molar-refractivity contribution in [3.05, 3.63) is 5.82 Å². The molecule has 1 rings (SSSR count). The molecule has 1 aromatic rings. The summed E-state index contributed by atoms with van der Waals surface area (Å²) in [5.41, 5.74) is 0. The Kier molecular flexibility index (Phi) is 3.84. The minimum atomic E-state index is -0.111. The van der Waals surface area contributed by atoms with Crippen LogP contribution in [-0.4, -0.2) is 44.6 Å². The number of urea groups is 1. The molecular weight excluding hydrogens is 184 g/mol. The maximum Gasteiger partial charge on any atom is 0.317 e. The van der Waals surface area contributed by atoms with Crippen molar-refractivity contribution in [3.63, 3.8) is 0 Å². The van der Waals surface area contributed by atoms with Crippen LogP contribution in [0.3, 0.4) is 0 Å². The van der Waals surface area contributed by atoms with Gasteiger partial charge in [-0.2, -0.15) is 5.21 Å². The lowest BCUT2D eigenvalue weighted by Gasteiger charge is -2.18. The standard InChI is InChI=1S/C7H14N6O/c1-3-13(4-2)7(14)8-5-6-9-11-12-10-6/h3-5H2,1-2H3,(H,8,14)(H,9,10,11,12). The van der Waals surface area contributed by atoms with E-state index in [4.69, 9.17) is 0 Å². The maximum atomic E-state index is 11.4. The highest BCUT2D eigenvalue weighted by atomic mass is 16.2. The summed E-state index contributed by atoms with van der Waals surface area (Å²) < 4.78 is 0. The first-order chi connectivity index (χ1) is 6.77. The van der Waals surface area contributed by atoms with Gasteiger partial charge < -0.3 is 10.2 Å². The quantitative estimate of drug-likeness (QED) is 0.698. The number of nitrogens with zero attached hydrogens (tertiary/aromatic N) is 4. The van der Waals surface area contributed by atoms with Gasteiger partial charge in [-0.3, -0.25) is 0 Å². The Labute approximate surface area is 81.9 Å². The number of hydrogen-bond donors (Lipinski definition) is 2. The van der Waals surface area contributed by atoms with E-state index in [9.17, 15) is 4.79 Å². The normalized spacial score (nSPS) is 9.86. The van der Waals surface area contributed by atoms with Crippen molar-refractivity contribution in [1.82, 2.24) is 30.8 Å². The molecular formula is C7H14N6O. The van der Waals surface area contributed by atoms with Gasteiger partial charge in [-0.25, -0.2) is 4.79 Å². The molecule has 0 aliphatic rings. The van der Waals surface area contributed by atoms with Gasteiger partial charge in [-0.1, -0.05) is 5.21 Å². The number of tetrazole rings is 1. The molecule has 0 aliphatic heterocycles. The molecule has 0 radical (unpaired) electrons. The molecule has 0 bridgehead atoms. The third kappa shape index (κ3) is 2.68. The summed E-state index contributed by atoms with van der Waals surface area (Å²) in [6.45, 7) is 5.53. The van der Waals surface area contributed by atoms with Crippen LogP contribution in [0.1, 0.15) is 19.7 Å². The molecule has 7 nitrogen and oxygen atoms in total. The topological polar surface area (TPSA) is 86.8 Å². The first-order valence-corrected chi connectivity index (χ1v) is 4.53. The molecule has 2 amide bonds. The zero-order chi connectivity index (χ0) is 10.4. The van der Waals surface area contributed by atoms with Crippen molar-refractivity contribution in [1.29, 1.82) is 0 Å². The van der Waals surface area contributed by atoms with Gasteiger partial charge in [-0.05, 0) is 13.8 Å². The molecule has 0 atom stereocenters. The lowest BCUT2D eigenvalue weighted by Crippen LogP contribution is -2.39. The summed E-state index contributed by atoms with van der Waals surface area (Å²) in [7, 11) is 0. The SMILES string of the molecule is CCN(CC)C(=O)NCc1nn[nH]n1. The van der Waals surface area contributed by atoms with E-state index in [2.05, 4.69) is 25.9 Å². The Balaban J connectivity index is 2.34. The minimum absolute atomic E-state index is 0.111.